The van der Waals surface area contributed by atoms with Gasteiger partial charge in [0, 0.05) is 24.5 Å². The van der Waals surface area contributed by atoms with Crippen molar-refractivity contribution in [2.45, 2.75) is 0 Å². The largest absolute Gasteiger partial charge is 0.478 e. The Kier molecular flexibility index (Phi) is 2.87. The van der Waals surface area contributed by atoms with Crippen molar-refractivity contribution < 1.29 is 14.3 Å². The first-order chi connectivity index (χ1) is 9.65. The van der Waals surface area contributed by atoms with E-state index in [1.807, 2.05) is 30.1 Å². The van der Waals surface area contributed by atoms with Gasteiger partial charge in [0.15, 0.2) is 12.0 Å². The molecule has 3 rings (SSSR count). The number of carboxylic acids is 1. The Morgan fingerprint density at radius 1 is 1.15 bits per heavy atom. The zero-order valence-electron chi connectivity index (χ0n) is 10.8. The molecule has 0 radical (unpaired) electrons. The molecule has 0 aliphatic heterocycles. The summed E-state index contributed by atoms with van der Waals surface area (Å²) in [5.74, 6) is -0.928. The second-order valence-corrected chi connectivity index (χ2v) is 4.42. The smallest absolute Gasteiger partial charge is 0.335 e. The molecule has 2 aromatic carbocycles. The number of oxazole rings is 1. The molecule has 0 saturated heterocycles. The minimum atomic E-state index is -0.928. The van der Waals surface area contributed by atoms with Crippen molar-refractivity contribution >= 4 is 28.4 Å². The molecule has 5 nitrogen and oxygen atoms in total. The Morgan fingerprint density at radius 2 is 1.85 bits per heavy atom. The van der Waals surface area contributed by atoms with Crippen LogP contribution in [0.5, 0.6) is 0 Å². The monoisotopic (exact) mass is 268 g/mol. The van der Waals surface area contributed by atoms with E-state index in [0.717, 1.165) is 22.5 Å². The molecule has 1 N–H and O–H groups in total. The van der Waals surface area contributed by atoms with E-state index in [0.29, 0.717) is 0 Å². The van der Waals surface area contributed by atoms with Crippen molar-refractivity contribution in [1.82, 2.24) is 4.98 Å². The predicted octanol–water partition coefficient (Wildman–Crippen LogP) is 3.29. The number of fused-ring (bicyclic) bond motifs is 1. The lowest BCUT2D eigenvalue weighted by Crippen LogP contribution is -2.09. The van der Waals surface area contributed by atoms with Crippen molar-refractivity contribution in [2.75, 3.05) is 11.9 Å². The molecule has 1 aromatic heterocycles. The lowest BCUT2D eigenvalue weighted by Gasteiger charge is -2.19. The van der Waals surface area contributed by atoms with Gasteiger partial charge in [-0.3, -0.25) is 0 Å². The molecule has 0 spiro atoms. The van der Waals surface area contributed by atoms with E-state index in [1.54, 1.807) is 24.3 Å². The maximum absolute atomic E-state index is 10.8. The van der Waals surface area contributed by atoms with E-state index >= 15 is 0 Å². The van der Waals surface area contributed by atoms with Crippen LogP contribution in [-0.4, -0.2) is 23.1 Å². The molecule has 0 saturated carbocycles. The van der Waals surface area contributed by atoms with Crippen molar-refractivity contribution in [3.63, 3.8) is 0 Å². The van der Waals surface area contributed by atoms with E-state index in [4.69, 9.17) is 9.52 Å². The van der Waals surface area contributed by atoms with Crippen LogP contribution < -0.4 is 4.90 Å². The van der Waals surface area contributed by atoms with E-state index in [2.05, 4.69) is 4.98 Å². The summed E-state index contributed by atoms with van der Waals surface area (Å²) >= 11 is 0. The van der Waals surface area contributed by atoms with Gasteiger partial charge < -0.3 is 14.4 Å². The molecule has 5 heteroatoms. The minimum absolute atomic E-state index is 0.271. The zero-order chi connectivity index (χ0) is 14.1. The number of carbonyl (C=O) groups is 1. The molecule has 3 aromatic rings. The summed E-state index contributed by atoms with van der Waals surface area (Å²) in [7, 11) is 1.91. The van der Waals surface area contributed by atoms with Crippen molar-refractivity contribution in [2.24, 2.45) is 0 Å². The maximum Gasteiger partial charge on any atom is 0.335 e. The molecule has 0 amide bonds. The van der Waals surface area contributed by atoms with Crippen LogP contribution in [-0.2, 0) is 0 Å². The summed E-state index contributed by atoms with van der Waals surface area (Å²) in [6, 6.07) is 12.4. The molecular weight excluding hydrogens is 256 g/mol. The summed E-state index contributed by atoms with van der Waals surface area (Å²) in [6.07, 6.45) is 1.41. The quantitative estimate of drug-likeness (QED) is 0.789. The number of aromatic carboxylic acids is 1. The number of hydrogen-bond donors (Lipinski definition) is 1. The van der Waals surface area contributed by atoms with Crippen LogP contribution in [0.1, 0.15) is 10.4 Å². The number of benzene rings is 2. The summed E-state index contributed by atoms with van der Waals surface area (Å²) in [5.41, 5.74) is 3.64. The number of aromatic nitrogens is 1. The molecule has 1 heterocycles. The van der Waals surface area contributed by atoms with Crippen molar-refractivity contribution in [3.05, 3.63) is 54.4 Å². The van der Waals surface area contributed by atoms with Crippen LogP contribution in [0.15, 0.2) is 53.3 Å². The van der Waals surface area contributed by atoms with Gasteiger partial charge in [-0.05, 0) is 36.4 Å². The normalized spacial score (nSPS) is 10.7. The van der Waals surface area contributed by atoms with Gasteiger partial charge in [0.2, 0.25) is 0 Å². The van der Waals surface area contributed by atoms with Crippen LogP contribution in [0.3, 0.4) is 0 Å². The molecule has 20 heavy (non-hydrogen) atoms. The topological polar surface area (TPSA) is 66.6 Å². The Balaban J connectivity index is 1.94. The van der Waals surface area contributed by atoms with Crippen molar-refractivity contribution in [3.8, 4) is 0 Å². The summed E-state index contributed by atoms with van der Waals surface area (Å²) in [4.78, 5) is 16.9. The molecule has 0 aliphatic rings. The highest BCUT2D eigenvalue weighted by Crippen LogP contribution is 2.26. The number of nitrogens with zero attached hydrogens (tertiary/aromatic N) is 2. The molecule has 100 valence electrons. The third kappa shape index (κ3) is 2.09. The first-order valence-corrected chi connectivity index (χ1v) is 6.05. The van der Waals surface area contributed by atoms with Crippen molar-refractivity contribution in [1.29, 1.82) is 0 Å². The van der Waals surface area contributed by atoms with Gasteiger partial charge in [-0.1, -0.05) is 0 Å². The highest BCUT2D eigenvalue weighted by atomic mass is 16.4. The van der Waals surface area contributed by atoms with E-state index in [1.165, 1.54) is 6.39 Å². The SMILES string of the molecule is CN(c1ccc(C(=O)O)cc1)c1ccc2ncoc2c1. The summed E-state index contributed by atoms with van der Waals surface area (Å²) in [6.45, 7) is 0. The molecule has 0 bridgehead atoms. The third-order valence-corrected chi connectivity index (χ3v) is 3.20. The van der Waals surface area contributed by atoms with Crippen LogP contribution in [0.4, 0.5) is 11.4 Å². The fourth-order valence-electron chi connectivity index (χ4n) is 2.03. The molecule has 0 fully saturated rings. The van der Waals surface area contributed by atoms with Gasteiger partial charge in [-0.2, -0.15) is 0 Å². The molecule has 0 unspecified atom stereocenters. The number of rotatable bonds is 3. The first-order valence-electron chi connectivity index (χ1n) is 6.05. The Bertz CT molecular complexity index is 762. The van der Waals surface area contributed by atoms with Gasteiger partial charge in [0.05, 0.1) is 5.56 Å². The van der Waals surface area contributed by atoms with Gasteiger partial charge in [-0.25, -0.2) is 9.78 Å². The summed E-state index contributed by atoms with van der Waals surface area (Å²) in [5, 5.41) is 8.89. The molecular formula is C15H12N2O3. The Morgan fingerprint density at radius 3 is 2.55 bits per heavy atom. The standard InChI is InChI=1S/C15H12N2O3/c1-17(11-4-2-10(3-5-11)15(18)19)12-6-7-13-14(8-12)20-9-16-13/h2-9H,1H3,(H,18,19). The fourth-order valence-corrected chi connectivity index (χ4v) is 2.03. The highest BCUT2D eigenvalue weighted by Gasteiger charge is 2.08. The first kappa shape index (κ1) is 12.2. The molecule has 0 aliphatic carbocycles. The van der Waals surface area contributed by atoms with Gasteiger partial charge >= 0.3 is 5.97 Å². The summed E-state index contributed by atoms with van der Waals surface area (Å²) < 4.78 is 5.28. The maximum atomic E-state index is 10.8. The molecule has 0 atom stereocenters. The lowest BCUT2D eigenvalue weighted by molar-refractivity contribution is 0.0697. The van der Waals surface area contributed by atoms with Crippen LogP contribution in [0.2, 0.25) is 0 Å². The minimum Gasteiger partial charge on any atom is -0.478 e. The van der Waals surface area contributed by atoms with Gasteiger partial charge in [0.25, 0.3) is 0 Å². The number of carboxylic acid groups (broad SMARTS) is 1. The predicted molar refractivity (Wildman–Crippen MR) is 75.5 cm³/mol. The van der Waals surface area contributed by atoms with Crippen LogP contribution >= 0.6 is 0 Å². The second-order valence-electron chi connectivity index (χ2n) is 4.42. The van der Waals surface area contributed by atoms with Gasteiger partial charge in [0.1, 0.15) is 5.52 Å². The van der Waals surface area contributed by atoms with Crippen LogP contribution in [0, 0.1) is 0 Å². The van der Waals surface area contributed by atoms with Crippen LogP contribution in [0.25, 0.3) is 11.1 Å². The van der Waals surface area contributed by atoms with E-state index in [-0.39, 0.29) is 5.56 Å². The average molecular weight is 268 g/mol. The average Bonchev–Trinajstić information content (AvgIpc) is 2.94. The third-order valence-electron chi connectivity index (χ3n) is 3.20. The highest BCUT2D eigenvalue weighted by molar-refractivity contribution is 5.88. The second kappa shape index (κ2) is 4.70. The van der Waals surface area contributed by atoms with Gasteiger partial charge in [-0.15, -0.1) is 0 Å². The van der Waals surface area contributed by atoms with E-state index < -0.39 is 5.97 Å². The number of hydrogen-bond acceptors (Lipinski definition) is 4. The number of anilines is 2. The van der Waals surface area contributed by atoms with E-state index in [9.17, 15) is 4.79 Å². The zero-order valence-corrected chi connectivity index (χ0v) is 10.8. The Hall–Kier alpha value is -2.82. The lowest BCUT2D eigenvalue weighted by atomic mass is 10.2. The fraction of sp³-hybridized carbons (Fsp3) is 0.0667. The Labute approximate surface area is 115 Å².